The maximum absolute atomic E-state index is 12.8. The van der Waals surface area contributed by atoms with Gasteiger partial charge < -0.3 is 24.3 Å². The first kappa shape index (κ1) is 32.0. The standard InChI is InChI=1S/C38H37NO7/c1-3-22-43-37(41)35(39-38(42)46-25-34-32-10-6-4-8-30(32)31-9-5-7-11-33(31)34)20-21-36(40)45-24-28-16-18-29(19-17-28)44-23-27-14-12-26(2)13-15-27/h3-19,34-35H,1,20-25H2,2H3,(H,39,42). The first-order valence-electron chi connectivity index (χ1n) is 15.2. The number of nitrogens with one attached hydrogen (secondary N) is 1. The quantitative estimate of drug-likeness (QED) is 0.0919. The summed E-state index contributed by atoms with van der Waals surface area (Å²) < 4.78 is 22.0. The van der Waals surface area contributed by atoms with Crippen molar-refractivity contribution in [1.29, 1.82) is 0 Å². The van der Waals surface area contributed by atoms with Crippen LogP contribution in [-0.4, -0.2) is 37.3 Å². The van der Waals surface area contributed by atoms with E-state index in [1.165, 1.54) is 11.6 Å². The Kier molecular flexibility index (Phi) is 10.8. The van der Waals surface area contributed by atoms with E-state index in [0.29, 0.717) is 12.4 Å². The molecule has 0 aliphatic heterocycles. The lowest BCUT2D eigenvalue weighted by atomic mass is 9.98. The fourth-order valence-electron chi connectivity index (χ4n) is 5.30. The van der Waals surface area contributed by atoms with Crippen molar-refractivity contribution in [2.45, 2.75) is 44.9 Å². The maximum Gasteiger partial charge on any atom is 0.407 e. The molecule has 1 aliphatic rings. The van der Waals surface area contributed by atoms with Gasteiger partial charge in [-0.15, -0.1) is 0 Å². The molecule has 0 bridgehead atoms. The normalized spacial score (nSPS) is 12.3. The number of ether oxygens (including phenoxy) is 4. The molecule has 0 heterocycles. The average Bonchev–Trinajstić information content (AvgIpc) is 3.40. The molecule has 1 N–H and O–H groups in total. The molecule has 1 unspecified atom stereocenters. The van der Waals surface area contributed by atoms with Crippen LogP contribution in [0.2, 0.25) is 0 Å². The Hall–Kier alpha value is -5.37. The minimum atomic E-state index is -1.10. The first-order chi connectivity index (χ1) is 22.4. The van der Waals surface area contributed by atoms with Gasteiger partial charge in [0.15, 0.2) is 0 Å². The van der Waals surface area contributed by atoms with Crippen LogP contribution >= 0.6 is 0 Å². The van der Waals surface area contributed by atoms with E-state index in [1.54, 1.807) is 0 Å². The van der Waals surface area contributed by atoms with Crippen LogP contribution < -0.4 is 10.1 Å². The number of hydrogen-bond acceptors (Lipinski definition) is 7. The molecule has 0 saturated heterocycles. The van der Waals surface area contributed by atoms with E-state index < -0.39 is 24.1 Å². The molecule has 236 valence electrons. The monoisotopic (exact) mass is 619 g/mol. The summed E-state index contributed by atoms with van der Waals surface area (Å²) >= 11 is 0. The van der Waals surface area contributed by atoms with Gasteiger partial charge in [0.25, 0.3) is 0 Å². The maximum atomic E-state index is 12.8. The lowest BCUT2D eigenvalue weighted by Gasteiger charge is -2.19. The first-order valence-corrected chi connectivity index (χ1v) is 15.2. The van der Waals surface area contributed by atoms with Gasteiger partial charge >= 0.3 is 18.0 Å². The molecule has 0 aromatic heterocycles. The minimum absolute atomic E-state index is 0.0230. The SMILES string of the molecule is C=CCOC(=O)C(CCC(=O)OCc1ccc(OCc2ccc(C)cc2)cc1)NC(=O)OCC1c2ccccc2-c2ccccc21. The third-order valence-corrected chi connectivity index (χ3v) is 7.75. The van der Waals surface area contributed by atoms with Crippen molar-refractivity contribution >= 4 is 18.0 Å². The Morgan fingerprint density at radius 1 is 0.783 bits per heavy atom. The predicted octanol–water partition coefficient (Wildman–Crippen LogP) is 7.03. The molecule has 0 fully saturated rings. The average molecular weight is 620 g/mol. The highest BCUT2D eigenvalue weighted by molar-refractivity contribution is 5.83. The van der Waals surface area contributed by atoms with Crippen LogP contribution in [0, 0.1) is 6.92 Å². The van der Waals surface area contributed by atoms with Gasteiger partial charge in [0.2, 0.25) is 0 Å². The second-order valence-electron chi connectivity index (χ2n) is 11.1. The molecular formula is C38H37NO7. The van der Waals surface area contributed by atoms with Gasteiger partial charge in [-0.05, 0) is 58.9 Å². The number of esters is 2. The lowest BCUT2D eigenvalue weighted by Crippen LogP contribution is -2.42. The molecule has 4 aromatic carbocycles. The Morgan fingerprint density at radius 3 is 2.04 bits per heavy atom. The summed E-state index contributed by atoms with van der Waals surface area (Å²) in [5.74, 6) is -0.637. The number of benzene rings is 4. The topological polar surface area (TPSA) is 100 Å². The minimum Gasteiger partial charge on any atom is -0.489 e. The third kappa shape index (κ3) is 8.41. The van der Waals surface area contributed by atoms with Gasteiger partial charge in [-0.25, -0.2) is 9.59 Å². The summed E-state index contributed by atoms with van der Waals surface area (Å²) in [7, 11) is 0. The second kappa shape index (κ2) is 15.6. The molecule has 0 spiro atoms. The van der Waals surface area contributed by atoms with E-state index in [4.69, 9.17) is 18.9 Å². The van der Waals surface area contributed by atoms with Crippen molar-refractivity contribution in [2.75, 3.05) is 13.2 Å². The van der Waals surface area contributed by atoms with E-state index >= 15 is 0 Å². The number of hydrogen-bond donors (Lipinski definition) is 1. The zero-order valence-electron chi connectivity index (χ0n) is 25.8. The van der Waals surface area contributed by atoms with Crippen LogP contribution in [0.15, 0.2) is 110 Å². The van der Waals surface area contributed by atoms with Gasteiger partial charge in [0, 0.05) is 12.3 Å². The fraction of sp³-hybridized carbons (Fsp3) is 0.237. The number of carbonyl (C=O) groups is 3. The molecule has 0 saturated carbocycles. The number of fused-ring (bicyclic) bond motifs is 3. The third-order valence-electron chi connectivity index (χ3n) is 7.75. The zero-order valence-corrected chi connectivity index (χ0v) is 25.8. The predicted molar refractivity (Wildman–Crippen MR) is 174 cm³/mol. The van der Waals surface area contributed by atoms with E-state index in [-0.39, 0.29) is 38.6 Å². The van der Waals surface area contributed by atoms with Crippen LogP contribution in [0.25, 0.3) is 11.1 Å². The van der Waals surface area contributed by atoms with Gasteiger partial charge in [-0.1, -0.05) is 103 Å². The van der Waals surface area contributed by atoms with E-state index in [1.807, 2.05) is 91.9 Å². The smallest absolute Gasteiger partial charge is 0.407 e. The van der Waals surface area contributed by atoms with Crippen LogP contribution in [0.3, 0.4) is 0 Å². The number of carbonyl (C=O) groups excluding carboxylic acids is 3. The summed E-state index contributed by atoms with van der Waals surface area (Å²) in [6, 6.07) is 30.4. The van der Waals surface area contributed by atoms with Crippen molar-refractivity contribution in [3.8, 4) is 16.9 Å². The molecular weight excluding hydrogens is 582 g/mol. The van der Waals surface area contributed by atoms with E-state index in [2.05, 4.69) is 24.0 Å². The van der Waals surface area contributed by atoms with Gasteiger partial charge in [0.1, 0.15) is 38.2 Å². The highest BCUT2D eigenvalue weighted by atomic mass is 16.6. The van der Waals surface area contributed by atoms with Crippen molar-refractivity contribution in [3.05, 3.63) is 138 Å². The number of alkyl carbamates (subject to hydrolysis) is 1. The second-order valence-corrected chi connectivity index (χ2v) is 11.1. The molecule has 8 nitrogen and oxygen atoms in total. The van der Waals surface area contributed by atoms with Crippen LogP contribution in [-0.2, 0) is 37.0 Å². The molecule has 1 aliphatic carbocycles. The molecule has 5 rings (SSSR count). The van der Waals surface area contributed by atoms with Crippen molar-refractivity contribution in [3.63, 3.8) is 0 Å². The number of amides is 1. The van der Waals surface area contributed by atoms with Crippen molar-refractivity contribution in [2.24, 2.45) is 0 Å². The molecule has 46 heavy (non-hydrogen) atoms. The van der Waals surface area contributed by atoms with Crippen molar-refractivity contribution < 1.29 is 33.3 Å². The van der Waals surface area contributed by atoms with Gasteiger partial charge in [-0.2, -0.15) is 0 Å². The highest BCUT2D eigenvalue weighted by Gasteiger charge is 2.30. The van der Waals surface area contributed by atoms with E-state index in [9.17, 15) is 14.4 Å². The summed E-state index contributed by atoms with van der Waals surface area (Å²) in [5, 5.41) is 2.57. The van der Waals surface area contributed by atoms with Crippen molar-refractivity contribution in [1.82, 2.24) is 5.32 Å². The van der Waals surface area contributed by atoms with E-state index in [0.717, 1.165) is 33.4 Å². The number of rotatable bonds is 14. The highest BCUT2D eigenvalue weighted by Crippen LogP contribution is 2.44. The molecule has 1 atom stereocenters. The summed E-state index contributed by atoms with van der Waals surface area (Å²) in [4.78, 5) is 38.1. The fourth-order valence-corrected chi connectivity index (χ4v) is 5.30. The number of aryl methyl sites for hydroxylation is 1. The van der Waals surface area contributed by atoms with Gasteiger partial charge in [0.05, 0.1) is 0 Å². The molecule has 0 radical (unpaired) electrons. The Balaban J connectivity index is 1.10. The van der Waals surface area contributed by atoms with Crippen LogP contribution in [0.1, 0.15) is 46.6 Å². The Bertz CT molecular complexity index is 1620. The van der Waals surface area contributed by atoms with Crippen LogP contribution in [0.4, 0.5) is 4.79 Å². The largest absolute Gasteiger partial charge is 0.489 e. The van der Waals surface area contributed by atoms with Crippen LogP contribution in [0.5, 0.6) is 5.75 Å². The summed E-state index contributed by atoms with van der Waals surface area (Å²) in [6.07, 6.45) is 0.510. The summed E-state index contributed by atoms with van der Waals surface area (Å²) in [5.41, 5.74) is 7.42. The molecule has 4 aromatic rings. The Labute approximate surface area is 269 Å². The Morgan fingerprint density at radius 2 is 1.39 bits per heavy atom. The molecule has 8 heteroatoms. The zero-order chi connectivity index (χ0) is 32.3. The molecule has 1 amide bonds. The lowest BCUT2D eigenvalue weighted by molar-refractivity contribution is -0.147. The van der Waals surface area contributed by atoms with Gasteiger partial charge in [-0.3, -0.25) is 4.79 Å². The summed E-state index contributed by atoms with van der Waals surface area (Å²) in [6.45, 7) is 6.16.